The number of likely N-dealkylation sites (N-methyl/N-ethyl adjacent to an activating group) is 1. The molecule has 21 heavy (non-hydrogen) atoms. The predicted molar refractivity (Wildman–Crippen MR) is 87.3 cm³/mol. The molecule has 0 radical (unpaired) electrons. The Balaban J connectivity index is 2.49. The molecule has 1 rings (SSSR count). The Morgan fingerprint density at radius 2 is 2.05 bits per heavy atom. The molecule has 4 heteroatoms. The van der Waals surface area contributed by atoms with Crippen molar-refractivity contribution in [3.63, 3.8) is 0 Å². The summed E-state index contributed by atoms with van der Waals surface area (Å²) in [7, 11) is 5.71. The Morgan fingerprint density at radius 3 is 2.67 bits per heavy atom. The number of nitrogens with zero attached hydrogens (tertiary/aromatic N) is 1. The van der Waals surface area contributed by atoms with Gasteiger partial charge in [0.1, 0.15) is 0 Å². The van der Waals surface area contributed by atoms with Crippen LogP contribution in [0.4, 0.5) is 0 Å². The van der Waals surface area contributed by atoms with Gasteiger partial charge in [0.05, 0.1) is 7.11 Å². The van der Waals surface area contributed by atoms with Crippen molar-refractivity contribution in [3.05, 3.63) is 0 Å². The summed E-state index contributed by atoms with van der Waals surface area (Å²) in [4.78, 5) is 13.8. The van der Waals surface area contributed by atoms with Crippen molar-refractivity contribution in [2.75, 3.05) is 34.3 Å². The number of rotatable bonds is 10. The molecule has 1 aliphatic carbocycles. The second kappa shape index (κ2) is 10.2. The Kier molecular flexibility index (Phi) is 8.93. The first kappa shape index (κ1) is 18.4. The Labute approximate surface area is 130 Å². The average molecular weight is 298 g/mol. The van der Waals surface area contributed by atoms with Crippen molar-refractivity contribution in [2.45, 2.75) is 57.9 Å². The maximum Gasteiger partial charge on any atom is 0.305 e. The molecule has 1 fully saturated rings. The molecule has 0 aliphatic heterocycles. The van der Waals surface area contributed by atoms with Crippen LogP contribution < -0.4 is 5.32 Å². The maximum atomic E-state index is 11.6. The number of carbonyl (C=O) groups is 1. The zero-order chi connectivity index (χ0) is 15.7. The van der Waals surface area contributed by atoms with Gasteiger partial charge < -0.3 is 15.0 Å². The fraction of sp³-hybridized carbons (Fsp3) is 0.941. The smallest absolute Gasteiger partial charge is 0.305 e. The summed E-state index contributed by atoms with van der Waals surface area (Å²) >= 11 is 0. The zero-order valence-electron chi connectivity index (χ0n) is 14.4. The van der Waals surface area contributed by atoms with E-state index in [4.69, 9.17) is 4.74 Å². The number of hydrogen-bond acceptors (Lipinski definition) is 4. The third-order valence-corrected chi connectivity index (χ3v) is 4.73. The van der Waals surface area contributed by atoms with E-state index in [2.05, 4.69) is 31.2 Å². The summed E-state index contributed by atoms with van der Waals surface area (Å²) < 4.78 is 4.87. The van der Waals surface area contributed by atoms with Crippen LogP contribution in [-0.4, -0.2) is 51.2 Å². The Hall–Kier alpha value is -0.610. The summed E-state index contributed by atoms with van der Waals surface area (Å²) in [5, 5.41) is 3.72. The van der Waals surface area contributed by atoms with Crippen molar-refractivity contribution in [3.8, 4) is 0 Å². The fourth-order valence-corrected chi connectivity index (χ4v) is 3.50. The van der Waals surface area contributed by atoms with Crippen LogP contribution in [0, 0.1) is 11.8 Å². The summed E-state index contributed by atoms with van der Waals surface area (Å²) in [5.41, 5.74) is 0. The molecule has 3 atom stereocenters. The van der Waals surface area contributed by atoms with E-state index in [9.17, 15) is 4.79 Å². The minimum Gasteiger partial charge on any atom is -0.469 e. The van der Waals surface area contributed by atoms with Gasteiger partial charge in [-0.2, -0.15) is 0 Å². The molecule has 0 saturated heterocycles. The molecule has 0 amide bonds. The number of unbranched alkanes of at least 4 members (excludes halogenated alkanes) is 2. The molecule has 0 bridgehead atoms. The van der Waals surface area contributed by atoms with Gasteiger partial charge in [-0.15, -0.1) is 0 Å². The van der Waals surface area contributed by atoms with Gasteiger partial charge in [-0.3, -0.25) is 4.79 Å². The molecule has 3 unspecified atom stereocenters. The number of ether oxygens (including phenoxy) is 1. The van der Waals surface area contributed by atoms with Gasteiger partial charge in [-0.1, -0.05) is 26.2 Å². The second-order valence-corrected chi connectivity index (χ2v) is 6.64. The monoisotopic (exact) mass is 298 g/mol. The lowest BCUT2D eigenvalue weighted by Crippen LogP contribution is -2.38. The zero-order valence-corrected chi connectivity index (χ0v) is 14.4. The van der Waals surface area contributed by atoms with Crippen molar-refractivity contribution in [1.29, 1.82) is 0 Å². The highest BCUT2D eigenvalue weighted by Crippen LogP contribution is 2.38. The van der Waals surface area contributed by atoms with Gasteiger partial charge in [0.25, 0.3) is 0 Å². The van der Waals surface area contributed by atoms with Crippen LogP contribution in [0.3, 0.4) is 0 Å². The number of nitrogens with one attached hydrogen (secondary N) is 1. The van der Waals surface area contributed by atoms with Crippen LogP contribution in [0.2, 0.25) is 0 Å². The first-order valence-electron chi connectivity index (χ1n) is 8.53. The van der Waals surface area contributed by atoms with Gasteiger partial charge in [0.15, 0.2) is 0 Å². The van der Waals surface area contributed by atoms with Crippen LogP contribution >= 0.6 is 0 Å². The molecule has 1 saturated carbocycles. The second-order valence-electron chi connectivity index (χ2n) is 6.64. The van der Waals surface area contributed by atoms with E-state index < -0.39 is 0 Å². The molecule has 124 valence electrons. The normalized spacial score (nSPS) is 25.5. The van der Waals surface area contributed by atoms with Crippen LogP contribution in [0.15, 0.2) is 0 Å². The van der Waals surface area contributed by atoms with Gasteiger partial charge in [-0.05, 0) is 45.2 Å². The molecule has 0 aromatic carbocycles. The predicted octanol–water partition coefficient (Wildman–Crippen LogP) is 2.68. The molecule has 0 aromatic heterocycles. The molecule has 1 aliphatic rings. The molecule has 0 spiro atoms. The van der Waals surface area contributed by atoms with E-state index in [0.717, 1.165) is 19.5 Å². The topological polar surface area (TPSA) is 41.6 Å². The van der Waals surface area contributed by atoms with Gasteiger partial charge in [0, 0.05) is 25.6 Å². The first-order chi connectivity index (χ1) is 10.1. The lowest BCUT2D eigenvalue weighted by molar-refractivity contribution is -0.142. The van der Waals surface area contributed by atoms with E-state index in [1.807, 2.05) is 0 Å². The fourth-order valence-electron chi connectivity index (χ4n) is 3.50. The minimum atomic E-state index is -0.0468. The lowest BCUT2D eigenvalue weighted by Gasteiger charge is -2.26. The Morgan fingerprint density at radius 1 is 1.29 bits per heavy atom. The van der Waals surface area contributed by atoms with Gasteiger partial charge in [0.2, 0.25) is 0 Å². The summed E-state index contributed by atoms with van der Waals surface area (Å²) in [6, 6.07) is 0.580. The van der Waals surface area contributed by atoms with Crippen LogP contribution in [0.5, 0.6) is 0 Å². The van der Waals surface area contributed by atoms with Crippen LogP contribution in [0.1, 0.15) is 51.9 Å². The maximum absolute atomic E-state index is 11.6. The molecule has 1 N–H and O–H groups in total. The average Bonchev–Trinajstić information content (AvgIpc) is 2.81. The molecule has 0 aromatic rings. The van der Waals surface area contributed by atoms with Crippen LogP contribution in [-0.2, 0) is 9.53 Å². The van der Waals surface area contributed by atoms with E-state index in [1.165, 1.54) is 39.2 Å². The number of carbonyl (C=O) groups excluding carboxylic acids is 1. The number of methoxy groups -OCH3 is 1. The highest BCUT2D eigenvalue weighted by molar-refractivity contribution is 5.69. The summed E-state index contributed by atoms with van der Waals surface area (Å²) in [6.45, 7) is 4.35. The summed E-state index contributed by atoms with van der Waals surface area (Å²) in [6.07, 6.45) is 8.04. The van der Waals surface area contributed by atoms with Crippen LogP contribution in [0.25, 0.3) is 0 Å². The van der Waals surface area contributed by atoms with E-state index in [0.29, 0.717) is 24.3 Å². The molecule has 4 nitrogen and oxygen atoms in total. The van der Waals surface area contributed by atoms with Gasteiger partial charge in [-0.25, -0.2) is 0 Å². The van der Waals surface area contributed by atoms with E-state index >= 15 is 0 Å². The number of hydrogen-bond donors (Lipinski definition) is 1. The molecular weight excluding hydrogens is 264 g/mol. The van der Waals surface area contributed by atoms with Crippen molar-refractivity contribution >= 4 is 5.97 Å². The summed E-state index contributed by atoms with van der Waals surface area (Å²) in [5.74, 6) is 1.10. The van der Waals surface area contributed by atoms with Crippen molar-refractivity contribution < 1.29 is 9.53 Å². The third-order valence-electron chi connectivity index (χ3n) is 4.73. The van der Waals surface area contributed by atoms with E-state index in [-0.39, 0.29) is 5.97 Å². The highest BCUT2D eigenvalue weighted by atomic mass is 16.5. The molecular formula is C17H34N2O2. The Bertz CT molecular complexity index is 295. The van der Waals surface area contributed by atoms with Gasteiger partial charge >= 0.3 is 5.97 Å². The first-order valence-corrected chi connectivity index (χ1v) is 8.53. The third kappa shape index (κ3) is 6.79. The molecule has 0 heterocycles. The highest BCUT2D eigenvalue weighted by Gasteiger charge is 2.36. The van der Waals surface area contributed by atoms with E-state index in [1.54, 1.807) is 0 Å². The quantitative estimate of drug-likeness (QED) is 0.497. The minimum absolute atomic E-state index is 0.0468. The number of esters is 1. The van der Waals surface area contributed by atoms with Crippen molar-refractivity contribution in [2.24, 2.45) is 11.8 Å². The van der Waals surface area contributed by atoms with Crippen molar-refractivity contribution in [1.82, 2.24) is 10.2 Å². The lowest BCUT2D eigenvalue weighted by atomic mass is 9.86. The standard InChI is InChI=1S/C17H34N2O2/c1-5-6-7-8-15-14(13-17(20)21-4)9-10-16(15)18-11-12-19(2)3/h14-16,18H,5-13H2,1-4H3. The SMILES string of the molecule is CCCCCC1C(CC(=O)OC)CCC1NCCN(C)C. The largest absolute Gasteiger partial charge is 0.469 e.